The highest BCUT2D eigenvalue weighted by Crippen LogP contribution is 2.19. The zero-order chi connectivity index (χ0) is 17.1. The van der Waals surface area contributed by atoms with E-state index in [4.69, 9.17) is 5.26 Å². The third-order valence-electron chi connectivity index (χ3n) is 4.80. The maximum absolute atomic E-state index is 12.3. The number of rotatable bonds is 5. The minimum Gasteiger partial charge on any atom is -0.343 e. The van der Waals surface area contributed by atoms with Crippen LogP contribution in [0.4, 0.5) is 0 Å². The summed E-state index contributed by atoms with van der Waals surface area (Å²) in [6.07, 6.45) is 1.72. The van der Waals surface area contributed by atoms with E-state index < -0.39 is 0 Å². The number of nitrogens with one attached hydrogen (secondary N) is 1. The minimum atomic E-state index is -0.245. The fraction of sp³-hybridized carbons (Fsp3) is 0.474. The van der Waals surface area contributed by atoms with E-state index >= 15 is 0 Å². The molecular weight excluding hydrogens is 300 g/mol. The van der Waals surface area contributed by atoms with Gasteiger partial charge in [-0.15, -0.1) is 0 Å². The maximum Gasteiger partial charge on any atom is 0.237 e. The van der Waals surface area contributed by atoms with Gasteiger partial charge in [-0.1, -0.05) is 18.2 Å². The lowest BCUT2D eigenvalue weighted by molar-refractivity contribution is -0.130. The van der Waals surface area contributed by atoms with E-state index in [0.29, 0.717) is 6.54 Å². The van der Waals surface area contributed by atoms with Gasteiger partial charge >= 0.3 is 0 Å². The van der Waals surface area contributed by atoms with E-state index in [0.717, 1.165) is 19.4 Å². The first-order valence-corrected chi connectivity index (χ1v) is 8.57. The molecule has 1 fully saturated rings. The predicted octanol–water partition coefficient (Wildman–Crippen LogP) is 2.44. The number of amides is 1. The smallest absolute Gasteiger partial charge is 0.237 e. The molecule has 1 N–H and O–H groups in total. The number of carbonyl (C=O) groups is 1. The van der Waals surface area contributed by atoms with E-state index in [-0.39, 0.29) is 24.5 Å². The van der Waals surface area contributed by atoms with E-state index in [1.807, 2.05) is 6.07 Å². The average Bonchev–Trinajstić information content (AvgIpc) is 3.17. The van der Waals surface area contributed by atoms with Crippen molar-refractivity contribution in [1.29, 1.82) is 5.26 Å². The molecule has 1 aromatic heterocycles. The van der Waals surface area contributed by atoms with Crippen LogP contribution in [0.1, 0.15) is 25.5 Å². The van der Waals surface area contributed by atoms with E-state index in [2.05, 4.69) is 54.1 Å². The van der Waals surface area contributed by atoms with Gasteiger partial charge in [-0.2, -0.15) is 5.26 Å². The van der Waals surface area contributed by atoms with Crippen molar-refractivity contribution in [1.82, 2.24) is 14.8 Å². The number of aryl methyl sites for hydroxylation is 1. The first-order valence-electron chi connectivity index (χ1n) is 8.57. The third-order valence-corrected chi connectivity index (χ3v) is 4.80. The summed E-state index contributed by atoms with van der Waals surface area (Å²) in [5.74, 6) is 0.0278. The molecule has 1 aromatic carbocycles. The van der Waals surface area contributed by atoms with Gasteiger partial charge in [0.2, 0.25) is 5.91 Å². The molecule has 1 aliphatic heterocycles. The Kier molecular flexibility index (Phi) is 4.86. The highest BCUT2D eigenvalue weighted by Gasteiger charge is 2.28. The zero-order valence-corrected chi connectivity index (χ0v) is 14.3. The van der Waals surface area contributed by atoms with Crippen LogP contribution in [0.3, 0.4) is 0 Å². The second-order valence-electron chi connectivity index (χ2n) is 6.61. The van der Waals surface area contributed by atoms with Crippen molar-refractivity contribution in [2.45, 2.75) is 45.3 Å². The van der Waals surface area contributed by atoms with Gasteiger partial charge in [-0.25, -0.2) is 0 Å². The molecule has 0 radical (unpaired) electrons. The SMILES string of the molecule is Cc1cc2ccccc2n1CC(C)NCC(=O)N1CCC[C@H]1C#N. The number of benzene rings is 1. The molecule has 0 bridgehead atoms. The molecule has 2 aromatic rings. The summed E-state index contributed by atoms with van der Waals surface area (Å²) in [4.78, 5) is 14.0. The van der Waals surface area contributed by atoms with Crippen molar-refractivity contribution in [3.63, 3.8) is 0 Å². The Morgan fingerprint density at radius 1 is 1.46 bits per heavy atom. The van der Waals surface area contributed by atoms with Crippen LogP contribution in [0.5, 0.6) is 0 Å². The number of likely N-dealkylation sites (tertiary alicyclic amines) is 1. The van der Waals surface area contributed by atoms with Gasteiger partial charge < -0.3 is 14.8 Å². The number of fused-ring (bicyclic) bond motifs is 1. The molecule has 1 saturated heterocycles. The molecular formula is C19H24N4O. The molecule has 0 spiro atoms. The van der Waals surface area contributed by atoms with Gasteiger partial charge in [0, 0.05) is 30.3 Å². The number of aromatic nitrogens is 1. The molecule has 1 aliphatic rings. The Morgan fingerprint density at radius 3 is 3.04 bits per heavy atom. The lowest BCUT2D eigenvalue weighted by Gasteiger charge is -2.22. The molecule has 1 unspecified atom stereocenters. The van der Waals surface area contributed by atoms with Gasteiger partial charge in [0.15, 0.2) is 0 Å². The monoisotopic (exact) mass is 324 g/mol. The highest BCUT2D eigenvalue weighted by molar-refractivity contribution is 5.81. The van der Waals surface area contributed by atoms with E-state index in [1.165, 1.54) is 16.6 Å². The molecule has 1 amide bonds. The Hall–Kier alpha value is -2.32. The van der Waals surface area contributed by atoms with Crippen molar-refractivity contribution >= 4 is 16.8 Å². The summed E-state index contributed by atoms with van der Waals surface area (Å²) in [7, 11) is 0. The Morgan fingerprint density at radius 2 is 2.25 bits per heavy atom. The van der Waals surface area contributed by atoms with Crippen molar-refractivity contribution in [3.05, 3.63) is 36.0 Å². The van der Waals surface area contributed by atoms with Gasteiger partial charge in [0.05, 0.1) is 12.6 Å². The maximum atomic E-state index is 12.3. The summed E-state index contributed by atoms with van der Waals surface area (Å²) in [6, 6.07) is 12.7. The summed E-state index contributed by atoms with van der Waals surface area (Å²) < 4.78 is 2.28. The van der Waals surface area contributed by atoms with Crippen molar-refractivity contribution in [2.75, 3.05) is 13.1 Å². The number of hydrogen-bond acceptors (Lipinski definition) is 3. The number of hydrogen-bond donors (Lipinski definition) is 1. The normalized spacial score (nSPS) is 18.7. The van der Waals surface area contributed by atoms with Crippen LogP contribution in [0.2, 0.25) is 0 Å². The lowest BCUT2D eigenvalue weighted by Crippen LogP contribution is -2.43. The highest BCUT2D eigenvalue weighted by atomic mass is 16.2. The van der Waals surface area contributed by atoms with Crippen LogP contribution < -0.4 is 5.32 Å². The van der Waals surface area contributed by atoms with Gasteiger partial charge in [0.25, 0.3) is 0 Å². The quantitative estimate of drug-likeness (QED) is 0.919. The Labute approximate surface area is 142 Å². The predicted molar refractivity (Wildman–Crippen MR) is 94.5 cm³/mol. The fourth-order valence-electron chi connectivity index (χ4n) is 3.49. The number of para-hydroxylation sites is 1. The second kappa shape index (κ2) is 7.06. The fourth-order valence-corrected chi connectivity index (χ4v) is 3.49. The van der Waals surface area contributed by atoms with Crippen LogP contribution in [-0.4, -0.2) is 40.5 Å². The Balaban J connectivity index is 1.59. The van der Waals surface area contributed by atoms with Crippen LogP contribution in [0.15, 0.2) is 30.3 Å². The number of nitrogens with zero attached hydrogens (tertiary/aromatic N) is 3. The van der Waals surface area contributed by atoms with Gasteiger partial charge in [0.1, 0.15) is 6.04 Å². The molecule has 126 valence electrons. The Bertz CT molecular complexity index is 773. The number of nitriles is 1. The van der Waals surface area contributed by atoms with Crippen LogP contribution in [-0.2, 0) is 11.3 Å². The summed E-state index contributed by atoms with van der Waals surface area (Å²) in [6.45, 7) is 6.01. The van der Waals surface area contributed by atoms with Crippen molar-refractivity contribution in [3.8, 4) is 6.07 Å². The summed E-state index contributed by atoms with van der Waals surface area (Å²) >= 11 is 0. The summed E-state index contributed by atoms with van der Waals surface area (Å²) in [5.41, 5.74) is 2.44. The molecule has 2 atom stereocenters. The molecule has 5 heteroatoms. The topological polar surface area (TPSA) is 61.1 Å². The molecule has 0 aliphatic carbocycles. The van der Waals surface area contributed by atoms with Gasteiger partial charge in [-0.3, -0.25) is 4.79 Å². The average molecular weight is 324 g/mol. The molecule has 5 nitrogen and oxygen atoms in total. The molecule has 0 saturated carbocycles. The minimum absolute atomic E-state index is 0.0278. The second-order valence-corrected chi connectivity index (χ2v) is 6.61. The van der Waals surface area contributed by atoms with Crippen molar-refractivity contribution < 1.29 is 4.79 Å². The van der Waals surface area contributed by atoms with Gasteiger partial charge in [-0.05, 0) is 44.2 Å². The standard InChI is InChI=1S/C19H24N4O/c1-14(21-12-19(24)22-9-5-7-17(22)11-20)13-23-15(2)10-16-6-3-4-8-18(16)23/h3-4,6,8,10,14,17,21H,5,7,9,12-13H2,1-2H3/t14?,17-/m0/s1. The molecule has 2 heterocycles. The van der Waals surface area contributed by atoms with Crippen molar-refractivity contribution in [2.24, 2.45) is 0 Å². The first-order chi connectivity index (χ1) is 11.6. The molecule has 3 rings (SSSR count). The van der Waals surface area contributed by atoms with Crippen LogP contribution in [0.25, 0.3) is 10.9 Å². The van der Waals surface area contributed by atoms with E-state index in [1.54, 1.807) is 4.90 Å². The number of carbonyl (C=O) groups excluding carboxylic acids is 1. The molecule has 24 heavy (non-hydrogen) atoms. The van der Waals surface area contributed by atoms with Crippen LogP contribution >= 0.6 is 0 Å². The third kappa shape index (κ3) is 3.29. The van der Waals surface area contributed by atoms with Crippen LogP contribution in [0, 0.1) is 18.3 Å². The zero-order valence-electron chi connectivity index (χ0n) is 14.3. The lowest BCUT2D eigenvalue weighted by atomic mass is 10.2. The summed E-state index contributed by atoms with van der Waals surface area (Å²) in [5, 5.41) is 13.7. The first kappa shape index (κ1) is 16.5. The van der Waals surface area contributed by atoms with E-state index in [9.17, 15) is 4.79 Å². The largest absolute Gasteiger partial charge is 0.343 e.